The number of nitrogens with one attached hydrogen (secondary N) is 1. The molecule has 0 saturated carbocycles. The minimum atomic E-state index is 0. The molecule has 2 aromatic rings. The fourth-order valence-corrected chi connectivity index (χ4v) is 4.97. The van der Waals surface area contributed by atoms with Crippen LogP contribution in [0.15, 0.2) is 36.4 Å². The number of thiazole rings is 1. The second kappa shape index (κ2) is 9.18. The van der Waals surface area contributed by atoms with E-state index in [0.29, 0.717) is 6.04 Å². The Hall–Kier alpha value is -1.14. The highest BCUT2D eigenvalue weighted by molar-refractivity contribution is 7.18. The highest BCUT2D eigenvalue weighted by atomic mass is 35.5. The summed E-state index contributed by atoms with van der Waals surface area (Å²) in [6, 6.07) is 8.58. The Morgan fingerprint density at radius 1 is 1.23 bits per heavy atom. The SMILES string of the molecule is CN(C(=O)C1CC=CCC1c1nc2ccccc2s1)C1CCNC1.Cl.Cl. The first-order chi connectivity index (χ1) is 11.7. The van der Waals surface area contributed by atoms with E-state index in [0.717, 1.165) is 42.9 Å². The number of nitrogens with zero attached hydrogens (tertiary/aromatic N) is 2. The maximum atomic E-state index is 13.1. The van der Waals surface area contributed by atoms with Crippen LogP contribution in [0, 0.1) is 5.92 Å². The number of fused-ring (bicyclic) bond motifs is 1. The van der Waals surface area contributed by atoms with Gasteiger partial charge in [0, 0.05) is 25.6 Å². The number of para-hydroxylation sites is 1. The number of aromatic nitrogens is 1. The molecule has 1 saturated heterocycles. The molecule has 1 aliphatic carbocycles. The van der Waals surface area contributed by atoms with Gasteiger partial charge in [-0.1, -0.05) is 24.3 Å². The Kier molecular flexibility index (Phi) is 7.47. The van der Waals surface area contributed by atoms with Crippen molar-refractivity contribution in [3.05, 3.63) is 41.4 Å². The van der Waals surface area contributed by atoms with Gasteiger partial charge < -0.3 is 10.2 Å². The lowest BCUT2D eigenvalue weighted by Crippen LogP contribution is -2.43. The molecule has 0 spiro atoms. The Morgan fingerprint density at radius 3 is 2.73 bits per heavy atom. The minimum Gasteiger partial charge on any atom is -0.341 e. The molecule has 1 aromatic carbocycles. The van der Waals surface area contributed by atoms with Crippen molar-refractivity contribution in [2.24, 2.45) is 5.92 Å². The Labute approximate surface area is 170 Å². The molecule has 1 aromatic heterocycles. The van der Waals surface area contributed by atoms with E-state index in [9.17, 15) is 4.79 Å². The van der Waals surface area contributed by atoms with E-state index in [1.807, 2.05) is 18.0 Å². The smallest absolute Gasteiger partial charge is 0.226 e. The zero-order valence-electron chi connectivity index (χ0n) is 14.8. The number of hydrogen-bond acceptors (Lipinski definition) is 4. The van der Waals surface area contributed by atoms with E-state index in [4.69, 9.17) is 4.98 Å². The first-order valence-corrected chi connectivity index (χ1v) is 9.53. The van der Waals surface area contributed by atoms with Crippen LogP contribution in [0.2, 0.25) is 0 Å². The van der Waals surface area contributed by atoms with Crippen LogP contribution < -0.4 is 5.32 Å². The molecular weight excluding hydrogens is 389 g/mol. The number of carbonyl (C=O) groups is 1. The zero-order valence-corrected chi connectivity index (χ0v) is 17.2. The van der Waals surface area contributed by atoms with Gasteiger partial charge in [-0.2, -0.15) is 0 Å². The monoisotopic (exact) mass is 413 g/mol. The average molecular weight is 414 g/mol. The molecule has 3 unspecified atom stereocenters. The lowest BCUT2D eigenvalue weighted by Gasteiger charge is -2.32. The van der Waals surface area contributed by atoms with Crippen LogP contribution >= 0.6 is 36.2 Å². The largest absolute Gasteiger partial charge is 0.341 e. The van der Waals surface area contributed by atoms with Crippen molar-refractivity contribution in [3.8, 4) is 0 Å². The summed E-state index contributed by atoms with van der Waals surface area (Å²) in [5.41, 5.74) is 1.05. The van der Waals surface area contributed by atoms with E-state index < -0.39 is 0 Å². The third-order valence-electron chi connectivity index (χ3n) is 5.31. The Balaban J connectivity index is 0.00000121. The number of likely N-dealkylation sites (N-methyl/N-ethyl adjacent to an activating group) is 1. The molecule has 1 aliphatic heterocycles. The van der Waals surface area contributed by atoms with Gasteiger partial charge >= 0.3 is 0 Å². The van der Waals surface area contributed by atoms with E-state index in [1.165, 1.54) is 4.70 Å². The minimum absolute atomic E-state index is 0. The second-order valence-corrected chi connectivity index (χ2v) is 7.83. The third-order valence-corrected chi connectivity index (χ3v) is 6.48. The van der Waals surface area contributed by atoms with Crippen LogP contribution in [-0.2, 0) is 4.79 Å². The van der Waals surface area contributed by atoms with E-state index >= 15 is 0 Å². The van der Waals surface area contributed by atoms with Gasteiger partial charge in [0.1, 0.15) is 0 Å². The molecule has 2 aliphatic rings. The van der Waals surface area contributed by atoms with Gasteiger partial charge in [-0.15, -0.1) is 36.2 Å². The number of amides is 1. The molecule has 1 fully saturated rings. The molecular formula is C19H25Cl2N3OS. The van der Waals surface area contributed by atoms with E-state index in [1.54, 1.807) is 11.3 Å². The number of hydrogen-bond donors (Lipinski definition) is 1. The summed E-state index contributed by atoms with van der Waals surface area (Å²) >= 11 is 1.74. The molecule has 0 bridgehead atoms. The topological polar surface area (TPSA) is 45.2 Å². The summed E-state index contributed by atoms with van der Waals surface area (Å²) < 4.78 is 1.21. The van der Waals surface area contributed by atoms with Crippen molar-refractivity contribution in [2.75, 3.05) is 20.1 Å². The summed E-state index contributed by atoms with van der Waals surface area (Å²) in [5.74, 6) is 0.496. The van der Waals surface area contributed by atoms with Crippen molar-refractivity contribution in [1.29, 1.82) is 0 Å². The number of allylic oxidation sites excluding steroid dienone is 2. The summed E-state index contributed by atoms with van der Waals surface area (Å²) in [6.07, 6.45) is 7.15. The van der Waals surface area contributed by atoms with Crippen molar-refractivity contribution in [2.45, 2.75) is 31.2 Å². The standard InChI is InChI=1S/C19H23N3OS.2ClH/c1-22(13-10-11-20-12-13)19(23)15-7-3-2-6-14(15)18-21-16-8-4-5-9-17(16)24-18;;/h2-5,8-9,13-15,20H,6-7,10-12H2,1H3;2*1H. The quantitative estimate of drug-likeness (QED) is 0.772. The maximum Gasteiger partial charge on any atom is 0.226 e. The average Bonchev–Trinajstić information content (AvgIpc) is 3.29. The lowest BCUT2D eigenvalue weighted by atomic mass is 9.82. The fraction of sp³-hybridized carbons (Fsp3) is 0.474. The Bertz CT molecular complexity index is 740. The number of rotatable bonds is 3. The predicted molar refractivity (Wildman–Crippen MR) is 113 cm³/mol. The summed E-state index contributed by atoms with van der Waals surface area (Å²) in [4.78, 5) is 19.9. The molecule has 2 heterocycles. The zero-order chi connectivity index (χ0) is 16.5. The van der Waals surface area contributed by atoms with Gasteiger partial charge in [-0.05, 0) is 37.9 Å². The van der Waals surface area contributed by atoms with Gasteiger partial charge in [0.05, 0.1) is 21.1 Å². The molecule has 26 heavy (non-hydrogen) atoms. The van der Waals surface area contributed by atoms with E-state index in [2.05, 4.69) is 35.7 Å². The molecule has 1 N–H and O–H groups in total. The molecule has 142 valence electrons. The second-order valence-electron chi connectivity index (χ2n) is 6.77. The lowest BCUT2D eigenvalue weighted by molar-refractivity contribution is -0.136. The van der Waals surface area contributed by atoms with Gasteiger partial charge in [0.25, 0.3) is 0 Å². The number of halogens is 2. The maximum absolute atomic E-state index is 13.1. The van der Waals surface area contributed by atoms with Crippen LogP contribution in [0.5, 0.6) is 0 Å². The summed E-state index contributed by atoms with van der Waals surface area (Å²) in [5, 5.41) is 4.46. The van der Waals surface area contributed by atoms with Crippen LogP contribution in [-0.4, -0.2) is 42.0 Å². The van der Waals surface area contributed by atoms with Crippen LogP contribution in [0.4, 0.5) is 0 Å². The van der Waals surface area contributed by atoms with Gasteiger partial charge in [0.15, 0.2) is 0 Å². The van der Waals surface area contributed by atoms with Crippen LogP contribution in [0.25, 0.3) is 10.2 Å². The molecule has 3 atom stereocenters. The van der Waals surface area contributed by atoms with Crippen LogP contribution in [0.1, 0.15) is 30.2 Å². The van der Waals surface area contributed by atoms with Crippen molar-refractivity contribution >= 4 is 52.3 Å². The number of carbonyl (C=O) groups excluding carboxylic acids is 1. The van der Waals surface area contributed by atoms with Crippen LogP contribution in [0.3, 0.4) is 0 Å². The normalized spacial score (nSPS) is 24.7. The molecule has 4 rings (SSSR count). The highest BCUT2D eigenvalue weighted by Crippen LogP contribution is 2.39. The summed E-state index contributed by atoms with van der Waals surface area (Å²) in [6.45, 7) is 1.92. The summed E-state index contributed by atoms with van der Waals surface area (Å²) in [7, 11) is 1.97. The van der Waals surface area contributed by atoms with Gasteiger partial charge in [-0.25, -0.2) is 4.98 Å². The molecule has 4 nitrogen and oxygen atoms in total. The Morgan fingerprint density at radius 2 is 2.00 bits per heavy atom. The predicted octanol–water partition coefficient (Wildman–Crippen LogP) is 4.01. The molecule has 0 radical (unpaired) electrons. The first-order valence-electron chi connectivity index (χ1n) is 8.72. The molecule has 1 amide bonds. The van der Waals surface area contributed by atoms with Crippen molar-refractivity contribution in [3.63, 3.8) is 0 Å². The fourth-order valence-electron chi connectivity index (χ4n) is 3.82. The van der Waals surface area contributed by atoms with Crippen molar-refractivity contribution in [1.82, 2.24) is 15.2 Å². The van der Waals surface area contributed by atoms with Crippen molar-refractivity contribution < 1.29 is 4.79 Å². The van der Waals surface area contributed by atoms with E-state index in [-0.39, 0.29) is 42.6 Å². The van der Waals surface area contributed by atoms with Gasteiger partial charge in [0.2, 0.25) is 5.91 Å². The molecule has 7 heteroatoms. The number of benzene rings is 1. The third kappa shape index (κ3) is 4.06. The van der Waals surface area contributed by atoms with Gasteiger partial charge in [-0.3, -0.25) is 4.79 Å². The first kappa shape index (κ1) is 21.2. The highest BCUT2D eigenvalue weighted by Gasteiger charge is 2.36.